The van der Waals surface area contributed by atoms with Crippen LogP contribution in [-0.2, 0) is 18.5 Å². The second-order valence-electron chi connectivity index (χ2n) is 8.93. The first-order valence-electron chi connectivity index (χ1n) is 12.2. The predicted molar refractivity (Wildman–Crippen MR) is 138 cm³/mol. The summed E-state index contributed by atoms with van der Waals surface area (Å²) in [5.74, 6) is 0.604. The van der Waals surface area contributed by atoms with Gasteiger partial charge in [-0.15, -0.1) is 0 Å². The fraction of sp³-hybridized carbons (Fsp3) is 0.286. The van der Waals surface area contributed by atoms with Gasteiger partial charge in [-0.1, -0.05) is 32.0 Å². The minimum absolute atomic E-state index is 0.0502. The van der Waals surface area contributed by atoms with Gasteiger partial charge in [-0.3, -0.25) is 10.00 Å². The van der Waals surface area contributed by atoms with E-state index in [1.807, 2.05) is 30.9 Å². The van der Waals surface area contributed by atoms with Crippen LogP contribution in [0.25, 0.3) is 22.2 Å². The molecule has 0 spiro atoms. The third-order valence-corrected chi connectivity index (χ3v) is 6.69. The number of H-pyrrole nitrogens is 2. The second kappa shape index (κ2) is 9.15. The first kappa shape index (κ1) is 23.1. The molecule has 1 aliphatic heterocycles. The van der Waals surface area contributed by atoms with Crippen molar-refractivity contribution >= 4 is 10.9 Å². The number of nitrogens with one attached hydrogen (secondary N) is 3. The summed E-state index contributed by atoms with van der Waals surface area (Å²) in [5, 5.41) is 9.60. The summed E-state index contributed by atoms with van der Waals surface area (Å²) in [4.78, 5) is 11.9. The minimum atomic E-state index is -0.435. The van der Waals surface area contributed by atoms with Crippen molar-refractivity contribution in [2.24, 2.45) is 0 Å². The molecule has 0 bridgehead atoms. The fourth-order valence-electron chi connectivity index (χ4n) is 4.93. The molecule has 6 nitrogen and oxygen atoms in total. The Hall–Kier alpha value is -3.71. The second-order valence-corrected chi connectivity index (χ2v) is 8.93. The van der Waals surface area contributed by atoms with Crippen molar-refractivity contribution in [3.05, 3.63) is 95.6 Å². The van der Waals surface area contributed by atoms with E-state index in [0.717, 1.165) is 41.1 Å². The average molecular weight is 471 g/mol. The zero-order valence-electron chi connectivity index (χ0n) is 20.6. The number of aryl methyl sites for hydroxylation is 1. The van der Waals surface area contributed by atoms with Gasteiger partial charge in [0.05, 0.1) is 29.7 Å². The zero-order chi connectivity index (χ0) is 24.6. The van der Waals surface area contributed by atoms with Crippen LogP contribution >= 0.6 is 0 Å². The highest BCUT2D eigenvalue weighted by Crippen LogP contribution is 2.41. The summed E-state index contributed by atoms with van der Waals surface area (Å²) >= 11 is 0. The molecule has 2 atom stereocenters. The Morgan fingerprint density at radius 2 is 1.83 bits per heavy atom. The van der Waals surface area contributed by atoms with E-state index in [9.17, 15) is 4.39 Å². The number of hydrogen-bond donors (Lipinski definition) is 3. The van der Waals surface area contributed by atoms with Gasteiger partial charge in [-0.2, -0.15) is 5.10 Å². The highest BCUT2D eigenvalue weighted by Gasteiger charge is 2.41. The van der Waals surface area contributed by atoms with E-state index in [0.29, 0.717) is 0 Å². The standard InChI is InChI=1S/C26H25FN6.C2H6/c1-3-33-15-17(13-29-33)23-24-20(19-6-4-5-7-21(19)30-24)12-26(2,32-23)25-28-14-22(31-25)16-8-10-18(27)11-9-16;1-2/h4-11,13-15,23,30,32H,3,12H2,1-2H3,(H,28,31);1-2H3. The van der Waals surface area contributed by atoms with Crippen molar-refractivity contribution in [3.8, 4) is 11.3 Å². The third-order valence-electron chi connectivity index (χ3n) is 6.69. The Bertz CT molecular complexity index is 1440. The lowest BCUT2D eigenvalue weighted by atomic mass is 9.82. The molecule has 0 saturated heterocycles. The number of aromatic nitrogens is 5. The van der Waals surface area contributed by atoms with Crippen molar-refractivity contribution in [1.29, 1.82) is 0 Å². The van der Waals surface area contributed by atoms with Crippen LogP contribution in [0.5, 0.6) is 0 Å². The molecule has 5 aromatic rings. The van der Waals surface area contributed by atoms with Gasteiger partial charge in [0.25, 0.3) is 0 Å². The molecule has 2 unspecified atom stereocenters. The molecule has 0 saturated carbocycles. The number of hydrogen-bond acceptors (Lipinski definition) is 3. The lowest BCUT2D eigenvalue weighted by molar-refractivity contribution is 0.296. The van der Waals surface area contributed by atoms with Crippen molar-refractivity contribution < 1.29 is 4.39 Å². The van der Waals surface area contributed by atoms with Crippen LogP contribution in [0.4, 0.5) is 4.39 Å². The van der Waals surface area contributed by atoms with Gasteiger partial charge in [-0.05, 0) is 55.3 Å². The average Bonchev–Trinajstić information content (AvgIpc) is 3.64. The van der Waals surface area contributed by atoms with Crippen LogP contribution in [0.2, 0.25) is 0 Å². The van der Waals surface area contributed by atoms with Gasteiger partial charge in [0.2, 0.25) is 0 Å². The maximum Gasteiger partial charge on any atom is 0.126 e. The number of aromatic amines is 2. The van der Waals surface area contributed by atoms with Crippen LogP contribution in [-0.4, -0.2) is 24.7 Å². The molecule has 2 aromatic carbocycles. The number of nitrogens with zero attached hydrogens (tertiary/aromatic N) is 3. The molecule has 3 aromatic heterocycles. The predicted octanol–water partition coefficient (Wildman–Crippen LogP) is 6.09. The largest absolute Gasteiger partial charge is 0.357 e. The Kier molecular flexibility index (Phi) is 6.03. The van der Waals surface area contributed by atoms with Crippen LogP contribution in [0.3, 0.4) is 0 Å². The number of benzene rings is 2. The van der Waals surface area contributed by atoms with Gasteiger partial charge in [0.1, 0.15) is 11.6 Å². The molecule has 4 heterocycles. The number of para-hydroxylation sites is 1. The summed E-state index contributed by atoms with van der Waals surface area (Å²) in [6, 6.07) is 14.9. The van der Waals surface area contributed by atoms with Crippen molar-refractivity contribution in [2.45, 2.75) is 52.2 Å². The summed E-state index contributed by atoms with van der Waals surface area (Å²) in [7, 11) is 0. The molecule has 0 amide bonds. The van der Waals surface area contributed by atoms with E-state index in [1.165, 1.54) is 28.8 Å². The SMILES string of the molecule is CC.CCn1cc(C2NC(C)(c3ncc(-c4ccc(F)cc4)[nH]3)Cc3c2[nH]c2ccccc32)cn1. The summed E-state index contributed by atoms with van der Waals surface area (Å²) in [5.41, 5.74) is 6.05. The van der Waals surface area contributed by atoms with Crippen LogP contribution in [0.1, 0.15) is 56.4 Å². The monoisotopic (exact) mass is 470 g/mol. The molecule has 35 heavy (non-hydrogen) atoms. The summed E-state index contributed by atoms with van der Waals surface area (Å²) < 4.78 is 15.3. The molecule has 7 heteroatoms. The number of rotatable bonds is 4. The Morgan fingerprint density at radius 3 is 2.57 bits per heavy atom. The molecule has 0 aliphatic carbocycles. The molecular formula is C28H31FN6. The molecule has 6 rings (SSSR count). The molecular weight excluding hydrogens is 439 g/mol. The van der Waals surface area contributed by atoms with E-state index >= 15 is 0 Å². The number of fused-ring (bicyclic) bond motifs is 3. The Labute approximate surface area is 204 Å². The topological polar surface area (TPSA) is 74.3 Å². The minimum Gasteiger partial charge on any atom is -0.357 e. The maximum absolute atomic E-state index is 13.4. The van der Waals surface area contributed by atoms with E-state index in [4.69, 9.17) is 4.98 Å². The molecule has 0 fully saturated rings. The van der Waals surface area contributed by atoms with Gasteiger partial charge in [-0.25, -0.2) is 9.37 Å². The van der Waals surface area contributed by atoms with Crippen molar-refractivity contribution in [3.63, 3.8) is 0 Å². The number of imidazole rings is 1. The maximum atomic E-state index is 13.4. The highest BCUT2D eigenvalue weighted by atomic mass is 19.1. The Morgan fingerprint density at radius 1 is 1.06 bits per heavy atom. The number of halogens is 1. The van der Waals surface area contributed by atoms with Crippen LogP contribution < -0.4 is 5.32 Å². The van der Waals surface area contributed by atoms with E-state index in [-0.39, 0.29) is 11.9 Å². The van der Waals surface area contributed by atoms with E-state index in [2.05, 4.69) is 64.7 Å². The highest BCUT2D eigenvalue weighted by molar-refractivity contribution is 5.85. The fourth-order valence-corrected chi connectivity index (χ4v) is 4.93. The van der Waals surface area contributed by atoms with Gasteiger partial charge < -0.3 is 9.97 Å². The lowest BCUT2D eigenvalue weighted by Gasteiger charge is -2.38. The van der Waals surface area contributed by atoms with E-state index in [1.54, 1.807) is 12.1 Å². The van der Waals surface area contributed by atoms with Crippen molar-refractivity contribution in [2.75, 3.05) is 0 Å². The van der Waals surface area contributed by atoms with Crippen LogP contribution in [0.15, 0.2) is 67.1 Å². The van der Waals surface area contributed by atoms with Gasteiger partial charge >= 0.3 is 0 Å². The van der Waals surface area contributed by atoms with Gasteiger partial charge in [0.15, 0.2) is 0 Å². The molecule has 180 valence electrons. The van der Waals surface area contributed by atoms with Crippen LogP contribution in [0, 0.1) is 5.82 Å². The zero-order valence-corrected chi connectivity index (χ0v) is 20.6. The molecule has 1 aliphatic rings. The van der Waals surface area contributed by atoms with Gasteiger partial charge in [0, 0.05) is 41.3 Å². The van der Waals surface area contributed by atoms with Crippen molar-refractivity contribution in [1.82, 2.24) is 30.0 Å². The first-order chi connectivity index (χ1) is 17.0. The summed E-state index contributed by atoms with van der Waals surface area (Å²) in [6.45, 7) is 9.09. The Balaban J connectivity index is 0.00000124. The first-order valence-corrected chi connectivity index (χ1v) is 12.2. The van der Waals surface area contributed by atoms with E-state index < -0.39 is 5.54 Å². The molecule has 3 N–H and O–H groups in total. The lowest BCUT2D eigenvalue weighted by Crippen LogP contribution is -2.48. The molecule has 0 radical (unpaired) electrons. The third kappa shape index (κ3) is 4.06. The smallest absolute Gasteiger partial charge is 0.126 e. The normalized spacial score (nSPS) is 19.3. The summed E-state index contributed by atoms with van der Waals surface area (Å²) in [6.07, 6.45) is 6.64. The quantitative estimate of drug-likeness (QED) is 0.298.